The van der Waals surface area contributed by atoms with Gasteiger partial charge in [-0.2, -0.15) is 0 Å². The minimum absolute atomic E-state index is 0. The van der Waals surface area contributed by atoms with Gasteiger partial charge < -0.3 is 11.1 Å². The number of likely N-dealkylation sites (tertiary alicyclic amines) is 1. The molecule has 1 aliphatic rings. The van der Waals surface area contributed by atoms with Crippen LogP contribution in [0.5, 0.6) is 0 Å². The molecule has 0 aliphatic carbocycles. The number of nitrogens with zero attached hydrogens (tertiary/aromatic N) is 1. The lowest BCUT2D eigenvalue weighted by atomic mass is 10.1. The van der Waals surface area contributed by atoms with Crippen molar-refractivity contribution < 1.29 is 4.79 Å². The molecular formula is C14H21Cl2N3O. The van der Waals surface area contributed by atoms with Crippen LogP contribution in [0.3, 0.4) is 0 Å². The first kappa shape index (κ1) is 17.2. The molecule has 1 aliphatic heterocycles. The second-order valence-corrected chi connectivity index (χ2v) is 5.45. The average Bonchev–Trinajstić information content (AvgIpc) is 2.41. The lowest BCUT2D eigenvalue weighted by Crippen LogP contribution is -2.44. The zero-order valence-electron chi connectivity index (χ0n) is 11.3. The summed E-state index contributed by atoms with van der Waals surface area (Å²) >= 11 is 5.81. The van der Waals surface area contributed by atoms with Crippen LogP contribution in [0.15, 0.2) is 24.3 Å². The van der Waals surface area contributed by atoms with Gasteiger partial charge in [-0.15, -0.1) is 12.4 Å². The summed E-state index contributed by atoms with van der Waals surface area (Å²) < 4.78 is 0. The summed E-state index contributed by atoms with van der Waals surface area (Å²) in [5.41, 5.74) is 6.89. The number of piperidine rings is 1. The van der Waals surface area contributed by atoms with Crippen LogP contribution >= 0.6 is 24.0 Å². The number of benzene rings is 1. The number of carbonyl (C=O) groups excluding carboxylic acids is 1. The highest BCUT2D eigenvalue weighted by atomic mass is 35.5. The fourth-order valence-electron chi connectivity index (χ4n) is 2.17. The fourth-order valence-corrected chi connectivity index (χ4v) is 2.30. The number of nitrogens with two attached hydrogens (primary N) is 1. The summed E-state index contributed by atoms with van der Waals surface area (Å²) in [4.78, 5) is 14.0. The quantitative estimate of drug-likeness (QED) is 0.890. The van der Waals surface area contributed by atoms with Crippen molar-refractivity contribution in [3.63, 3.8) is 0 Å². The summed E-state index contributed by atoms with van der Waals surface area (Å²) in [5.74, 6) is 0.0606. The van der Waals surface area contributed by atoms with E-state index in [-0.39, 0.29) is 18.3 Å². The first-order valence-electron chi connectivity index (χ1n) is 6.62. The summed E-state index contributed by atoms with van der Waals surface area (Å²) in [6.45, 7) is 2.83. The van der Waals surface area contributed by atoms with Gasteiger partial charge in [-0.25, -0.2) is 0 Å². The molecule has 0 atom stereocenters. The van der Waals surface area contributed by atoms with Crippen LogP contribution in [0.4, 0.5) is 0 Å². The van der Waals surface area contributed by atoms with Crippen molar-refractivity contribution in [3.8, 4) is 0 Å². The SMILES string of the molecule is Cl.NC1CCN(CC(=O)NCc2ccc(Cl)cc2)CC1. The molecule has 3 N–H and O–H groups in total. The Balaban J connectivity index is 0.00000200. The van der Waals surface area contributed by atoms with Crippen molar-refractivity contribution in [2.45, 2.75) is 25.4 Å². The van der Waals surface area contributed by atoms with Gasteiger partial charge in [0.15, 0.2) is 0 Å². The number of rotatable bonds is 4. The Kier molecular flexibility index (Phi) is 7.30. The summed E-state index contributed by atoms with van der Waals surface area (Å²) in [7, 11) is 0. The molecule has 1 heterocycles. The highest BCUT2D eigenvalue weighted by molar-refractivity contribution is 6.30. The summed E-state index contributed by atoms with van der Waals surface area (Å²) in [6, 6.07) is 7.79. The molecule has 0 bridgehead atoms. The third-order valence-electron chi connectivity index (χ3n) is 3.40. The largest absolute Gasteiger partial charge is 0.351 e. The first-order valence-corrected chi connectivity index (χ1v) is 7.00. The Morgan fingerprint density at radius 3 is 2.50 bits per heavy atom. The van der Waals surface area contributed by atoms with Gasteiger partial charge in [0.2, 0.25) is 5.91 Å². The normalized spacial score (nSPS) is 16.5. The standard InChI is InChI=1S/C14H20ClN3O.ClH/c15-12-3-1-11(2-4-12)9-17-14(19)10-18-7-5-13(16)6-8-18;/h1-4,13H,5-10,16H2,(H,17,19);1H. The molecule has 2 rings (SSSR count). The van der Waals surface area contributed by atoms with Crippen LogP contribution in [0.2, 0.25) is 5.02 Å². The van der Waals surface area contributed by atoms with Gasteiger partial charge >= 0.3 is 0 Å². The molecule has 1 fully saturated rings. The van der Waals surface area contributed by atoms with Crippen LogP contribution in [-0.4, -0.2) is 36.5 Å². The van der Waals surface area contributed by atoms with E-state index in [1.807, 2.05) is 24.3 Å². The van der Waals surface area contributed by atoms with Gasteiger partial charge in [0.1, 0.15) is 0 Å². The van der Waals surface area contributed by atoms with Crippen LogP contribution < -0.4 is 11.1 Å². The van der Waals surface area contributed by atoms with E-state index in [2.05, 4.69) is 10.2 Å². The van der Waals surface area contributed by atoms with Crippen molar-refractivity contribution in [1.29, 1.82) is 0 Å². The monoisotopic (exact) mass is 317 g/mol. The Hall–Kier alpha value is -0.810. The van der Waals surface area contributed by atoms with Crippen molar-refractivity contribution in [1.82, 2.24) is 10.2 Å². The molecule has 6 heteroatoms. The molecule has 0 unspecified atom stereocenters. The second-order valence-electron chi connectivity index (χ2n) is 5.02. The molecule has 0 radical (unpaired) electrons. The van der Waals surface area contributed by atoms with E-state index >= 15 is 0 Å². The van der Waals surface area contributed by atoms with Gasteiger partial charge in [0.05, 0.1) is 6.54 Å². The molecule has 1 saturated heterocycles. The van der Waals surface area contributed by atoms with Crippen LogP contribution in [0, 0.1) is 0 Å². The topological polar surface area (TPSA) is 58.4 Å². The fraction of sp³-hybridized carbons (Fsp3) is 0.500. The number of amides is 1. The molecule has 0 aromatic heterocycles. The second kappa shape index (κ2) is 8.47. The maximum absolute atomic E-state index is 11.8. The third kappa shape index (κ3) is 5.67. The molecule has 112 valence electrons. The van der Waals surface area contributed by atoms with E-state index < -0.39 is 0 Å². The zero-order valence-corrected chi connectivity index (χ0v) is 12.9. The molecule has 1 aromatic carbocycles. The summed E-state index contributed by atoms with van der Waals surface area (Å²) in [5, 5.41) is 3.63. The van der Waals surface area contributed by atoms with E-state index in [0.717, 1.165) is 31.5 Å². The van der Waals surface area contributed by atoms with E-state index in [0.29, 0.717) is 24.2 Å². The minimum atomic E-state index is 0. The van der Waals surface area contributed by atoms with E-state index in [1.54, 1.807) is 0 Å². The van der Waals surface area contributed by atoms with Crippen molar-refractivity contribution >= 4 is 29.9 Å². The Labute approximate surface area is 131 Å². The van der Waals surface area contributed by atoms with Gasteiger partial charge in [0, 0.05) is 30.7 Å². The van der Waals surface area contributed by atoms with E-state index in [9.17, 15) is 4.79 Å². The van der Waals surface area contributed by atoms with Gasteiger partial charge in [-0.3, -0.25) is 9.69 Å². The Bertz CT molecular complexity index is 417. The average molecular weight is 318 g/mol. The number of nitrogens with one attached hydrogen (secondary N) is 1. The van der Waals surface area contributed by atoms with Crippen molar-refractivity contribution in [2.75, 3.05) is 19.6 Å². The molecule has 0 spiro atoms. The van der Waals surface area contributed by atoms with E-state index in [1.165, 1.54) is 0 Å². The van der Waals surface area contributed by atoms with Crippen LogP contribution in [-0.2, 0) is 11.3 Å². The van der Waals surface area contributed by atoms with Crippen molar-refractivity contribution in [2.24, 2.45) is 5.73 Å². The number of carbonyl (C=O) groups is 1. The molecule has 1 amide bonds. The smallest absolute Gasteiger partial charge is 0.234 e. The molecule has 1 aromatic rings. The number of hydrogen-bond acceptors (Lipinski definition) is 3. The Morgan fingerprint density at radius 1 is 1.30 bits per heavy atom. The predicted octanol–water partition coefficient (Wildman–Crippen LogP) is 1.80. The maximum atomic E-state index is 11.8. The highest BCUT2D eigenvalue weighted by Crippen LogP contribution is 2.09. The summed E-state index contributed by atoms with van der Waals surface area (Å²) in [6.07, 6.45) is 1.95. The minimum Gasteiger partial charge on any atom is -0.351 e. The molecular weight excluding hydrogens is 297 g/mol. The van der Waals surface area contributed by atoms with Crippen LogP contribution in [0.25, 0.3) is 0 Å². The van der Waals surface area contributed by atoms with Crippen LogP contribution in [0.1, 0.15) is 18.4 Å². The maximum Gasteiger partial charge on any atom is 0.234 e. The van der Waals surface area contributed by atoms with Crippen molar-refractivity contribution in [3.05, 3.63) is 34.9 Å². The first-order chi connectivity index (χ1) is 9.13. The number of halogens is 2. The Morgan fingerprint density at radius 2 is 1.90 bits per heavy atom. The van der Waals surface area contributed by atoms with Gasteiger partial charge in [-0.05, 0) is 30.5 Å². The molecule has 4 nitrogen and oxygen atoms in total. The predicted molar refractivity (Wildman–Crippen MR) is 84.2 cm³/mol. The molecule has 0 saturated carbocycles. The van der Waals surface area contributed by atoms with Gasteiger partial charge in [-0.1, -0.05) is 23.7 Å². The number of hydrogen-bond donors (Lipinski definition) is 2. The third-order valence-corrected chi connectivity index (χ3v) is 3.65. The highest BCUT2D eigenvalue weighted by Gasteiger charge is 2.17. The lowest BCUT2D eigenvalue weighted by Gasteiger charge is -2.29. The van der Waals surface area contributed by atoms with Gasteiger partial charge in [0.25, 0.3) is 0 Å². The lowest BCUT2D eigenvalue weighted by molar-refractivity contribution is -0.122. The molecule has 20 heavy (non-hydrogen) atoms. The van der Waals surface area contributed by atoms with E-state index in [4.69, 9.17) is 17.3 Å². The zero-order chi connectivity index (χ0) is 13.7.